The summed E-state index contributed by atoms with van der Waals surface area (Å²) in [5.41, 5.74) is 9.87. The highest BCUT2D eigenvalue weighted by atomic mass is 35.5. The van der Waals surface area contributed by atoms with Crippen LogP contribution in [0.2, 0.25) is 10.2 Å². The third kappa shape index (κ3) is 51.7. The summed E-state index contributed by atoms with van der Waals surface area (Å²) in [5, 5.41) is 8.87. The fourth-order valence-corrected chi connectivity index (χ4v) is 6.87. The van der Waals surface area contributed by atoms with E-state index in [9.17, 15) is 0 Å². The fourth-order valence-electron chi connectivity index (χ4n) is 6.65. The summed E-state index contributed by atoms with van der Waals surface area (Å²) < 4.78 is 14.7. The van der Waals surface area contributed by atoms with Crippen molar-refractivity contribution in [3.8, 4) is 17.8 Å². The Hall–Kier alpha value is -8.09. The van der Waals surface area contributed by atoms with Crippen LogP contribution in [-0.2, 0) is 43.3 Å². The number of aromatic nitrogens is 15. The second-order valence-corrected chi connectivity index (χ2v) is 30.7. The largest absolute Gasteiger partial charge is 0.481 e. The molecule has 0 N–H and O–H groups in total. The third-order valence-electron chi connectivity index (χ3n) is 12.8. The van der Waals surface area contributed by atoms with Crippen LogP contribution in [0.4, 0.5) is 0 Å². The number of hydrogen-bond donors (Lipinski definition) is 0. The van der Waals surface area contributed by atoms with Gasteiger partial charge in [-0.3, -0.25) is 24.9 Å². The number of halogens is 2. The first kappa shape index (κ1) is 118. The molecule has 0 atom stereocenters. The molecule has 9 aromatic heterocycles. The SMILES string of the molecule is C.C.C.C.C.C.C.C.C.C.CC(C)(C)c1ccc(Cl)cn1.CC(C)(C)c1cccnc1.CC(C)(C)c1ccncn1.CC(C)(C)c1cnccn1.CC(C)(C)c1nccnn1.COc1ccc(C(C)(C)C)cn1.COc1cnc(C(C)(C)C)cn1.COc1ncc(C(C)(C)C)cn1.Cc1ccc(Cl)nc1. The lowest BCUT2D eigenvalue weighted by atomic mass is 9.88. The maximum Gasteiger partial charge on any atom is 0.316 e. The van der Waals surface area contributed by atoms with E-state index in [4.69, 9.17) is 37.4 Å². The lowest BCUT2D eigenvalue weighted by Gasteiger charge is -2.18. The highest BCUT2D eigenvalue weighted by Crippen LogP contribution is 2.26. The molecule has 0 radical (unpaired) electrons. The Morgan fingerprint density at radius 1 is 0.295 bits per heavy atom. The van der Waals surface area contributed by atoms with Gasteiger partial charge in [0.1, 0.15) is 11.5 Å². The van der Waals surface area contributed by atoms with Crippen LogP contribution >= 0.6 is 23.2 Å². The molecule has 0 spiro atoms. The standard InChI is InChI=1S/C10H15NO.C9H12ClN.2C9H14N2O.C9H13N.2C8H12N2.C7H11N3.C6H6ClN.10CH4/c1-10(2,3)8-5-6-9(12-4)11-7-8;1-9(2,3)8-5-4-7(10)6-11-8;1-9(2,3)7-5-11-8(12-4)6-10-7;1-9(2,3)7-5-10-8(12-4)11-6-7;1-9(2,3)8-5-4-6-10-7-8;1-8(2,3)7-6-9-4-5-10-7;1-8(2,3)7-4-5-9-6-10-7;1-7(2,3)6-8-4-5-9-10-6;1-5-2-3-6(7)8-4-5;;;;;;;;;;/h5-7H,1-4H3;4-6H,1-3H3;2*5-6H,1-4H3;4-7H,1-3H3;2*4-6H,1-3H3;4-5H,1-3H3;2-4H,1H3;10*1H4. The first-order chi connectivity index (χ1) is 43.8. The highest BCUT2D eigenvalue weighted by Gasteiger charge is 2.20. The van der Waals surface area contributed by atoms with E-state index in [1.54, 1.807) is 114 Å². The monoisotopic (exact) mass is 1500 g/mol. The summed E-state index contributed by atoms with van der Waals surface area (Å²) in [4.78, 5) is 52.9. The number of hydrogen-bond acceptors (Lipinski definition) is 18. The maximum atomic E-state index is 5.70. The number of pyridine rings is 4. The van der Waals surface area contributed by atoms with Gasteiger partial charge in [-0.15, -0.1) is 5.10 Å². The Morgan fingerprint density at radius 2 is 0.762 bits per heavy atom. The summed E-state index contributed by atoms with van der Waals surface area (Å²) in [6, 6.07) is 17.9. The minimum absolute atomic E-state index is 0. The van der Waals surface area contributed by atoms with E-state index in [0.717, 1.165) is 39.7 Å². The zero-order chi connectivity index (χ0) is 72.5. The van der Waals surface area contributed by atoms with Gasteiger partial charge in [0.05, 0.1) is 56.3 Å². The topological polar surface area (TPSA) is 221 Å². The minimum atomic E-state index is 0. The van der Waals surface area contributed by atoms with Gasteiger partial charge in [0.15, 0.2) is 5.82 Å². The predicted octanol–water partition coefficient (Wildman–Crippen LogP) is 24.5. The second-order valence-electron chi connectivity index (χ2n) is 29.9. The normalized spacial score (nSPS) is 10.2. The molecule has 105 heavy (non-hydrogen) atoms. The van der Waals surface area contributed by atoms with E-state index >= 15 is 0 Å². The van der Waals surface area contributed by atoms with Gasteiger partial charge in [0.25, 0.3) is 0 Å². The molecule has 0 saturated heterocycles. The quantitative estimate of drug-likeness (QED) is 0.150. The Balaban J connectivity index is -0.000000120. The number of methoxy groups -OCH3 is 3. The van der Waals surface area contributed by atoms with Crippen molar-refractivity contribution in [1.29, 1.82) is 0 Å². The molecule has 596 valence electrons. The molecule has 0 aliphatic heterocycles. The summed E-state index contributed by atoms with van der Waals surface area (Å²) in [6.45, 7) is 53.0. The van der Waals surface area contributed by atoms with E-state index in [2.05, 4.69) is 247 Å². The van der Waals surface area contributed by atoms with Crippen LogP contribution in [0.15, 0.2) is 154 Å². The molecule has 0 amide bonds. The Morgan fingerprint density at radius 3 is 1.06 bits per heavy atom. The summed E-state index contributed by atoms with van der Waals surface area (Å²) >= 11 is 11.2. The lowest BCUT2D eigenvalue weighted by molar-refractivity contribution is 0.378. The van der Waals surface area contributed by atoms with E-state index in [1.165, 1.54) is 11.1 Å². The molecule has 9 rings (SSSR count). The van der Waals surface area contributed by atoms with E-state index < -0.39 is 0 Å². The van der Waals surface area contributed by atoms with Crippen LogP contribution in [0, 0.1) is 6.92 Å². The van der Waals surface area contributed by atoms with Crippen LogP contribution in [0.3, 0.4) is 0 Å². The van der Waals surface area contributed by atoms with Crippen molar-refractivity contribution in [2.24, 2.45) is 0 Å². The van der Waals surface area contributed by atoms with Crippen molar-refractivity contribution in [1.82, 2.24) is 75.0 Å². The van der Waals surface area contributed by atoms with Crippen LogP contribution in [-0.4, -0.2) is 96.3 Å². The molecule has 9 aromatic rings. The van der Waals surface area contributed by atoms with Crippen molar-refractivity contribution in [3.63, 3.8) is 0 Å². The van der Waals surface area contributed by atoms with E-state index in [-0.39, 0.29) is 118 Å². The average molecular weight is 1500 g/mol. The van der Waals surface area contributed by atoms with Crippen molar-refractivity contribution >= 4 is 23.2 Å². The van der Waals surface area contributed by atoms with Gasteiger partial charge in [-0.1, -0.05) is 282 Å². The van der Waals surface area contributed by atoms with Crippen LogP contribution < -0.4 is 14.2 Å². The first-order valence-corrected chi connectivity index (χ1v) is 32.1. The molecule has 20 heteroatoms. The van der Waals surface area contributed by atoms with Crippen LogP contribution in [0.25, 0.3) is 0 Å². The molecule has 0 aliphatic carbocycles. The minimum Gasteiger partial charge on any atom is -0.481 e. The molecule has 0 unspecified atom stereocenters. The number of rotatable bonds is 3. The van der Waals surface area contributed by atoms with Gasteiger partial charge >= 0.3 is 6.01 Å². The molecule has 18 nitrogen and oxygen atoms in total. The Kier molecular flexibility index (Phi) is 62.2. The van der Waals surface area contributed by atoms with Gasteiger partial charge in [0, 0.05) is 119 Å². The Labute approximate surface area is 653 Å². The van der Waals surface area contributed by atoms with Gasteiger partial charge < -0.3 is 14.2 Å². The molecule has 0 bridgehead atoms. The van der Waals surface area contributed by atoms with Crippen molar-refractivity contribution in [2.45, 2.75) is 291 Å². The molecular weight excluding hydrogens is 1350 g/mol. The van der Waals surface area contributed by atoms with Gasteiger partial charge in [-0.05, 0) is 75.8 Å². The molecule has 0 aliphatic rings. The highest BCUT2D eigenvalue weighted by molar-refractivity contribution is 6.30. The number of ether oxygens (including phenoxy) is 3. The zero-order valence-electron chi connectivity index (χ0n) is 62.1. The van der Waals surface area contributed by atoms with Crippen molar-refractivity contribution in [3.05, 3.63) is 215 Å². The van der Waals surface area contributed by atoms with Crippen LogP contribution in [0.1, 0.15) is 291 Å². The number of nitrogens with zero attached hydrogens (tertiary/aromatic N) is 15. The molecular formula is C85H149Cl2N15O3. The summed E-state index contributed by atoms with van der Waals surface area (Å²) in [6.07, 6.45) is 27.8. The second kappa shape index (κ2) is 55.4. The zero-order valence-corrected chi connectivity index (χ0v) is 63.6. The van der Waals surface area contributed by atoms with E-state index in [0.29, 0.717) is 27.9 Å². The van der Waals surface area contributed by atoms with Crippen molar-refractivity contribution in [2.75, 3.05) is 21.3 Å². The molecule has 9 heterocycles. The summed E-state index contributed by atoms with van der Waals surface area (Å²) in [5.74, 6) is 2.01. The van der Waals surface area contributed by atoms with Crippen molar-refractivity contribution < 1.29 is 14.2 Å². The smallest absolute Gasteiger partial charge is 0.316 e. The first-order valence-electron chi connectivity index (χ1n) is 31.3. The third-order valence-corrected chi connectivity index (χ3v) is 13.3. The summed E-state index contributed by atoms with van der Waals surface area (Å²) in [7, 11) is 4.77. The fraction of sp³-hybridized carbons (Fsp3) is 0.541. The predicted molar refractivity (Wildman–Crippen MR) is 456 cm³/mol. The lowest BCUT2D eigenvalue weighted by Crippen LogP contribution is -2.15. The van der Waals surface area contributed by atoms with Gasteiger partial charge in [0.2, 0.25) is 11.8 Å². The molecule has 0 saturated carbocycles. The van der Waals surface area contributed by atoms with Gasteiger partial charge in [-0.25, -0.2) is 39.9 Å². The molecule has 0 fully saturated rings. The van der Waals surface area contributed by atoms with Gasteiger partial charge in [-0.2, -0.15) is 5.10 Å². The average Bonchev–Trinajstić information content (AvgIpc) is 0.889. The number of aryl methyl sites for hydroxylation is 1. The molecule has 0 aromatic carbocycles. The Bertz CT molecular complexity index is 3080. The van der Waals surface area contributed by atoms with Crippen LogP contribution in [0.5, 0.6) is 17.8 Å². The maximum absolute atomic E-state index is 5.70. The van der Waals surface area contributed by atoms with E-state index in [1.807, 2.05) is 61.8 Å².